The Kier molecular flexibility index (Phi) is 5.10. The number of hydrogen-bond donors (Lipinski definition) is 1. The minimum absolute atomic E-state index is 0.115. The molecule has 1 aliphatic heterocycles. The minimum Gasteiger partial charge on any atom is -0.392 e. The number of aliphatic hydroxyl groups is 1. The number of benzene rings is 1. The van der Waals surface area contributed by atoms with Gasteiger partial charge in [-0.15, -0.1) is 0 Å². The van der Waals surface area contributed by atoms with E-state index in [2.05, 4.69) is 18.0 Å². The first-order chi connectivity index (χ1) is 15.3. The molecule has 1 spiro atoms. The topological polar surface area (TPSA) is 62.7 Å². The van der Waals surface area contributed by atoms with Crippen LogP contribution in [0.2, 0.25) is 0 Å². The number of aromatic nitrogens is 1. The lowest BCUT2D eigenvalue weighted by Crippen LogP contribution is -2.59. The molecule has 0 radical (unpaired) electrons. The summed E-state index contributed by atoms with van der Waals surface area (Å²) in [4.78, 5) is 16.7. The van der Waals surface area contributed by atoms with E-state index in [-0.39, 0.29) is 28.7 Å². The zero-order valence-electron chi connectivity index (χ0n) is 18.6. The second-order valence-corrected chi connectivity index (χ2v) is 10.3. The van der Waals surface area contributed by atoms with E-state index in [1.54, 1.807) is 12.3 Å². The number of fused-ring (bicyclic) bond motifs is 1. The van der Waals surface area contributed by atoms with E-state index < -0.39 is 11.5 Å². The van der Waals surface area contributed by atoms with Crippen molar-refractivity contribution in [3.63, 3.8) is 0 Å². The van der Waals surface area contributed by atoms with Crippen LogP contribution in [-0.2, 0) is 9.53 Å². The van der Waals surface area contributed by atoms with Gasteiger partial charge in [-0.1, -0.05) is 38.1 Å². The third-order valence-electron chi connectivity index (χ3n) is 8.53. The highest BCUT2D eigenvalue weighted by Crippen LogP contribution is 2.65. The predicted molar refractivity (Wildman–Crippen MR) is 121 cm³/mol. The highest BCUT2D eigenvalue weighted by Gasteiger charge is 2.66. The second kappa shape index (κ2) is 7.60. The first-order valence-corrected chi connectivity index (χ1v) is 11.5. The zero-order valence-corrected chi connectivity index (χ0v) is 18.6. The molecule has 3 fully saturated rings. The number of epoxide rings is 1. The first kappa shape index (κ1) is 21.5. The number of pyridine rings is 1. The molecule has 2 aromatic rings. The van der Waals surface area contributed by atoms with Gasteiger partial charge in [0.15, 0.2) is 0 Å². The van der Waals surface area contributed by atoms with Crippen molar-refractivity contribution in [2.75, 3.05) is 6.61 Å². The standard InChI is InChI=1S/C27H30FNO3/c1-25-12-11-24(31)26(2,16-30)22(25)10-13-27(17-32-27)23(25)9-8-21-7-6-19(15-29-21)18-4-3-5-20(28)14-18/h3-9,14-16,22-24,31H,10-13,17H2,1-2H3/b9-8+/t22-,23-,24+,25+,26-,27+/m0/s1. The Labute approximate surface area is 188 Å². The van der Waals surface area contributed by atoms with Crippen molar-refractivity contribution in [3.8, 4) is 11.1 Å². The van der Waals surface area contributed by atoms with E-state index in [0.717, 1.165) is 49.0 Å². The fraction of sp³-hybridized carbons (Fsp3) is 0.481. The van der Waals surface area contributed by atoms with Crippen molar-refractivity contribution in [2.24, 2.45) is 22.7 Å². The fourth-order valence-corrected chi connectivity index (χ4v) is 6.54. The summed E-state index contributed by atoms with van der Waals surface area (Å²) < 4.78 is 19.5. The Balaban J connectivity index is 1.43. The Bertz CT molecular complexity index is 1050. The Morgan fingerprint density at radius 3 is 2.62 bits per heavy atom. The maximum absolute atomic E-state index is 13.5. The van der Waals surface area contributed by atoms with Gasteiger partial charge in [0.25, 0.3) is 0 Å². The van der Waals surface area contributed by atoms with Crippen LogP contribution < -0.4 is 0 Å². The van der Waals surface area contributed by atoms with Crippen LogP contribution in [0.15, 0.2) is 48.7 Å². The van der Waals surface area contributed by atoms with E-state index in [9.17, 15) is 14.3 Å². The van der Waals surface area contributed by atoms with E-state index in [0.29, 0.717) is 6.42 Å². The van der Waals surface area contributed by atoms with Crippen LogP contribution in [0.25, 0.3) is 17.2 Å². The molecule has 2 saturated carbocycles. The predicted octanol–water partition coefficient (Wildman–Crippen LogP) is 5.06. The summed E-state index contributed by atoms with van der Waals surface area (Å²) in [5.74, 6) is 0.00971. The molecule has 2 aliphatic carbocycles. The molecule has 0 unspecified atom stereocenters. The maximum Gasteiger partial charge on any atom is 0.128 e. The molecule has 168 valence electrons. The van der Waals surface area contributed by atoms with E-state index in [1.165, 1.54) is 12.1 Å². The third-order valence-corrected chi connectivity index (χ3v) is 8.53. The SMILES string of the molecule is C[C@@]1(C=O)[C@H](O)CC[C@@]2(C)[C@H](/C=C/c3ccc(-c4cccc(F)c4)cn3)[C@@]3(CC[C@H]12)CO3. The van der Waals surface area contributed by atoms with Gasteiger partial charge in [-0.2, -0.15) is 0 Å². The number of carbonyl (C=O) groups is 1. The van der Waals surface area contributed by atoms with Crippen LogP contribution in [0, 0.1) is 28.5 Å². The Morgan fingerprint density at radius 1 is 1.16 bits per heavy atom. The molecular weight excluding hydrogens is 405 g/mol. The van der Waals surface area contributed by atoms with Gasteiger partial charge in [0, 0.05) is 17.7 Å². The van der Waals surface area contributed by atoms with Crippen LogP contribution in [-0.4, -0.2) is 34.7 Å². The molecule has 5 heteroatoms. The number of nitrogens with zero attached hydrogens (tertiary/aromatic N) is 1. The van der Waals surface area contributed by atoms with Gasteiger partial charge >= 0.3 is 0 Å². The van der Waals surface area contributed by atoms with Crippen LogP contribution in [0.4, 0.5) is 4.39 Å². The van der Waals surface area contributed by atoms with Crippen molar-refractivity contribution in [3.05, 3.63) is 60.2 Å². The van der Waals surface area contributed by atoms with Gasteiger partial charge in [0.05, 0.1) is 29.4 Å². The zero-order chi connectivity index (χ0) is 22.6. The smallest absolute Gasteiger partial charge is 0.128 e. The summed E-state index contributed by atoms with van der Waals surface area (Å²) >= 11 is 0. The summed E-state index contributed by atoms with van der Waals surface area (Å²) in [5.41, 5.74) is 1.50. The van der Waals surface area contributed by atoms with Crippen molar-refractivity contribution >= 4 is 12.4 Å². The van der Waals surface area contributed by atoms with E-state index in [1.807, 2.05) is 31.2 Å². The Morgan fingerprint density at radius 2 is 1.97 bits per heavy atom. The quantitative estimate of drug-likeness (QED) is 0.538. The van der Waals surface area contributed by atoms with E-state index in [4.69, 9.17) is 4.74 Å². The third kappa shape index (κ3) is 3.34. The van der Waals surface area contributed by atoms with Gasteiger partial charge in [-0.3, -0.25) is 4.98 Å². The van der Waals surface area contributed by atoms with Crippen molar-refractivity contribution in [1.82, 2.24) is 4.98 Å². The lowest BCUT2D eigenvalue weighted by atomic mass is 9.45. The number of ether oxygens (including phenoxy) is 1. The summed E-state index contributed by atoms with van der Waals surface area (Å²) in [5, 5.41) is 10.6. The van der Waals surface area contributed by atoms with Gasteiger partial charge in [-0.25, -0.2) is 4.39 Å². The average molecular weight is 436 g/mol. The van der Waals surface area contributed by atoms with Gasteiger partial charge < -0.3 is 14.6 Å². The highest BCUT2D eigenvalue weighted by molar-refractivity contribution is 5.64. The Hall–Kier alpha value is -2.37. The second-order valence-electron chi connectivity index (χ2n) is 10.3. The van der Waals surface area contributed by atoms with Gasteiger partial charge in [-0.05, 0) is 66.9 Å². The molecule has 1 aromatic heterocycles. The number of hydrogen-bond acceptors (Lipinski definition) is 4. The molecule has 0 amide bonds. The van der Waals surface area contributed by atoms with E-state index >= 15 is 0 Å². The number of aldehydes is 1. The molecule has 6 atom stereocenters. The van der Waals surface area contributed by atoms with Crippen LogP contribution in [0.1, 0.15) is 45.2 Å². The maximum atomic E-state index is 13.5. The molecule has 1 aromatic carbocycles. The molecule has 3 aliphatic rings. The van der Waals surface area contributed by atoms with Crippen LogP contribution in [0.3, 0.4) is 0 Å². The number of halogens is 1. The number of rotatable bonds is 4. The largest absolute Gasteiger partial charge is 0.392 e. The fourth-order valence-electron chi connectivity index (χ4n) is 6.54. The summed E-state index contributed by atoms with van der Waals surface area (Å²) in [6.45, 7) is 4.94. The molecule has 1 N–H and O–H groups in total. The highest BCUT2D eigenvalue weighted by atomic mass is 19.1. The van der Waals surface area contributed by atoms with Crippen LogP contribution >= 0.6 is 0 Å². The average Bonchev–Trinajstić information content (AvgIpc) is 3.56. The lowest BCUT2D eigenvalue weighted by Gasteiger charge is -2.59. The van der Waals surface area contributed by atoms with Crippen molar-refractivity contribution in [2.45, 2.75) is 51.2 Å². The normalized spacial score (nSPS) is 38.6. The molecule has 32 heavy (non-hydrogen) atoms. The number of aliphatic hydroxyl groups excluding tert-OH is 1. The molecule has 1 saturated heterocycles. The first-order valence-electron chi connectivity index (χ1n) is 11.5. The van der Waals surface area contributed by atoms with Crippen molar-refractivity contribution in [1.29, 1.82) is 0 Å². The van der Waals surface area contributed by atoms with Crippen LogP contribution in [0.5, 0.6) is 0 Å². The number of carbonyl (C=O) groups excluding carboxylic acids is 1. The molecule has 5 rings (SSSR count). The monoisotopic (exact) mass is 435 g/mol. The molecule has 2 heterocycles. The summed E-state index contributed by atoms with van der Waals surface area (Å²) in [6, 6.07) is 10.4. The van der Waals surface area contributed by atoms with Gasteiger partial charge in [0.1, 0.15) is 12.1 Å². The lowest BCUT2D eigenvalue weighted by molar-refractivity contribution is -0.160. The minimum atomic E-state index is -0.722. The summed E-state index contributed by atoms with van der Waals surface area (Å²) in [7, 11) is 0. The molecule has 4 nitrogen and oxygen atoms in total. The summed E-state index contributed by atoms with van der Waals surface area (Å²) in [6.07, 6.45) is 9.72. The van der Waals surface area contributed by atoms with Crippen molar-refractivity contribution < 1.29 is 19.0 Å². The van der Waals surface area contributed by atoms with Gasteiger partial charge in [0.2, 0.25) is 0 Å². The molecular formula is C27H30FNO3. The molecule has 0 bridgehead atoms.